The molecule has 3 atom stereocenters. The van der Waals surface area contributed by atoms with Gasteiger partial charge in [-0.3, -0.25) is 4.79 Å². The third kappa shape index (κ3) is 3.53. The third-order valence-corrected chi connectivity index (χ3v) is 4.32. The zero-order valence-corrected chi connectivity index (χ0v) is 13.1. The molecule has 0 aromatic heterocycles. The van der Waals surface area contributed by atoms with Crippen molar-refractivity contribution < 1.29 is 4.79 Å². The van der Waals surface area contributed by atoms with E-state index in [-0.39, 0.29) is 24.2 Å². The van der Waals surface area contributed by atoms with Crippen molar-refractivity contribution in [2.75, 3.05) is 19.6 Å². The minimum atomic E-state index is 0. The number of rotatable bonds is 4. The third-order valence-electron chi connectivity index (χ3n) is 4.32. The molecular formula is C16H25ClN2O. The average molecular weight is 297 g/mol. The van der Waals surface area contributed by atoms with Gasteiger partial charge in [0.25, 0.3) is 0 Å². The summed E-state index contributed by atoms with van der Waals surface area (Å²) in [5.41, 5.74) is 7.20. The minimum Gasteiger partial charge on any atom is -0.341 e. The Balaban J connectivity index is 0.00000200. The van der Waals surface area contributed by atoms with Crippen LogP contribution in [0.4, 0.5) is 0 Å². The summed E-state index contributed by atoms with van der Waals surface area (Å²) in [5, 5.41) is 0. The van der Waals surface area contributed by atoms with E-state index in [0.717, 1.165) is 19.5 Å². The van der Waals surface area contributed by atoms with Crippen molar-refractivity contribution in [1.82, 2.24) is 4.90 Å². The number of halogens is 1. The van der Waals surface area contributed by atoms with Gasteiger partial charge in [-0.15, -0.1) is 12.4 Å². The summed E-state index contributed by atoms with van der Waals surface area (Å²) in [5.74, 6) is 1.17. The SMILES string of the molecule is CCC(C)C(=O)N1C[C@@H](CN)[C@H](c2ccccc2)C1.Cl. The number of carbonyl (C=O) groups is 1. The molecule has 1 unspecified atom stereocenters. The topological polar surface area (TPSA) is 46.3 Å². The maximum Gasteiger partial charge on any atom is 0.225 e. The lowest BCUT2D eigenvalue weighted by Crippen LogP contribution is -2.33. The van der Waals surface area contributed by atoms with Crippen molar-refractivity contribution >= 4 is 18.3 Å². The van der Waals surface area contributed by atoms with Crippen LogP contribution in [0.5, 0.6) is 0 Å². The van der Waals surface area contributed by atoms with E-state index in [4.69, 9.17) is 5.73 Å². The number of nitrogens with zero attached hydrogens (tertiary/aromatic N) is 1. The van der Waals surface area contributed by atoms with E-state index in [1.807, 2.05) is 17.9 Å². The van der Waals surface area contributed by atoms with Gasteiger partial charge in [0.1, 0.15) is 0 Å². The molecule has 1 aromatic carbocycles. The standard InChI is InChI=1S/C16H24N2O.ClH/c1-3-12(2)16(19)18-10-14(9-17)15(11-18)13-7-5-4-6-8-13;/h4-8,12,14-15H,3,9-11,17H2,1-2H3;1H/t12?,14-,15+;/m1./s1. The molecule has 1 aliphatic rings. The second kappa shape index (κ2) is 7.65. The molecule has 0 bridgehead atoms. The monoisotopic (exact) mass is 296 g/mol. The number of benzene rings is 1. The fourth-order valence-electron chi connectivity index (χ4n) is 2.85. The maximum atomic E-state index is 12.3. The molecule has 1 saturated heterocycles. The summed E-state index contributed by atoms with van der Waals surface area (Å²) in [6.07, 6.45) is 0.901. The largest absolute Gasteiger partial charge is 0.341 e. The van der Waals surface area contributed by atoms with Gasteiger partial charge in [0.2, 0.25) is 5.91 Å². The first-order valence-electron chi connectivity index (χ1n) is 7.21. The number of nitrogens with two attached hydrogens (primary N) is 1. The molecule has 0 radical (unpaired) electrons. The Bertz CT molecular complexity index is 424. The number of carbonyl (C=O) groups excluding carboxylic acids is 1. The Labute approximate surface area is 127 Å². The predicted molar refractivity (Wildman–Crippen MR) is 85.0 cm³/mol. The summed E-state index contributed by atoms with van der Waals surface area (Å²) < 4.78 is 0. The van der Waals surface area contributed by atoms with E-state index in [9.17, 15) is 4.79 Å². The molecule has 1 fully saturated rings. The summed E-state index contributed by atoms with van der Waals surface area (Å²) in [4.78, 5) is 14.3. The van der Waals surface area contributed by atoms with E-state index in [0.29, 0.717) is 18.4 Å². The van der Waals surface area contributed by atoms with Crippen LogP contribution in [-0.4, -0.2) is 30.4 Å². The number of hydrogen-bond donors (Lipinski definition) is 1. The van der Waals surface area contributed by atoms with Gasteiger partial charge in [-0.25, -0.2) is 0 Å². The second-order valence-electron chi connectivity index (χ2n) is 5.57. The van der Waals surface area contributed by atoms with E-state index >= 15 is 0 Å². The molecule has 2 N–H and O–H groups in total. The van der Waals surface area contributed by atoms with Crippen LogP contribution in [0.3, 0.4) is 0 Å². The highest BCUT2D eigenvalue weighted by molar-refractivity contribution is 5.85. The molecule has 1 aromatic rings. The van der Waals surface area contributed by atoms with Gasteiger partial charge in [0.05, 0.1) is 0 Å². The Morgan fingerprint density at radius 3 is 2.55 bits per heavy atom. The van der Waals surface area contributed by atoms with Crippen LogP contribution in [0.1, 0.15) is 31.7 Å². The van der Waals surface area contributed by atoms with Gasteiger partial charge in [0.15, 0.2) is 0 Å². The Hall–Kier alpha value is -1.06. The lowest BCUT2D eigenvalue weighted by molar-refractivity contribution is -0.134. The molecular weight excluding hydrogens is 272 g/mol. The highest BCUT2D eigenvalue weighted by Crippen LogP contribution is 2.32. The maximum absolute atomic E-state index is 12.3. The molecule has 3 nitrogen and oxygen atoms in total. The van der Waals surface area contributed by atoms with Crippen molar-refractivity contribution in [1.29, 1.82) is 0 Å². The van der Waals surface area contributed by atoms with Gasteiger partial charge < -0.3 is 10.6 Å². The van der Waals surface area contributed by atoms with E-state index in [2.05, 4.69) is 31.2 Å². The van der Waals surface area contributed by atoms with E-state index < -0.39 is 0 Å². The summed E-state index contributed by atoms with van der Waals surface area (Å²) in [7, 11) is 0. The molecule has 1 aliphatic heterocycles. The molecule has 1 amide bonds. The summed E-state index contributed by atoms with van der Waals surface area (Å²) in [6, 6.07) is 10.4. The second-order valence-corrected chi connectivity index (χ2v) is 5.57. The van der Waals surface area contributed by atoms with Crippen LogP contribution < -0.4 is 5.73 Å². The van der Waals surface area contributed by atoms with E-state index in [1.54, 1.807) is 0 Å². The molecule has 0 saturated carbocycles. The minimum absolute atomic E-state index is 0. The number of likely N-dealkylation sites (tertiary alicyclic amines) is 1. The van der Waals surface area contributed by atoms with Crippen molar-refractivity contribution in [2.45, 2.75) is 26.2 Å². The highest BCUT2D eigenvalue weighted by Gasteiger charge is 2.36. The van der Waals surface area contributed by atoms with Crippen molar-refractivity contribution in [3.8, 4) is 0 Å². The molecule has 1 heterocycles. The van der Waals surface area contributed by atoms with Crippen LogP contribution in [0.25, 0.3) is 0 Å². The highest BCUT2D eigenvalue weighted by atomic mass is 35.5. The zero-order valence-electron chi connectivity index (χ0n) is 12.3. The van der Waals surface area contributed by atoms with Crippen LogP contribution >= 0.6 is 12.4 Å². The lowest BCUT2D eigenvalue weighted by atomic mass is 9.89. The molecule has 2 rings (SSSR count). The van der Waals surface area contributed by atoms with Gasteiger partial charge in [-0.2, -0.15) is 0 Å². The van der Waals surface area contributed by atoms with Crippen molar-refractivity contribution in [3.63, 3.8) is 0 Å². The van der Waals surface area contributed by atoms with Crippen LogP contribution in [0, 0.1) is 11.8 Å². The van der Waals surface area contributed by atoms with Crippen molar-refractivity contribution in [3.05, 3.63) is 35.9 Å². The Morgan fingerprint density at radius 2 is 2.00 bits per heavy atom. The van der Waals surface area contributed by atoms with Gasteiger partial charge in [0, 0.05) is 24.9 Å². The Kier molecular flexibility index (Phi) is 6.50. The van der Waals surface area contributed by atoms with Gasteiger partial charge in [-0.05, 0) is 24.4 Å². The Morgan fingerprint density at radius 1 is 1.35 bits per heavy atom. The summed E-state index contributed by atoms with van der Waals surface area (Å²) >= 11 is 0. The molecule has 0 spiro atoms. The fraction of sp³-hybridized carbons (Fsp3) is 0.562. The zero-order chi connectivity index (χ0) is 13.8. The fourth-order valence-corrected chi connectivity index (χ4v) is 2.85. The summed E-state index contributed by atoms with van der Waals surface area (Å²) in [6.45, 7) is 6.33. The first-order chi connectivity index (χ1) is 9.17. The van der Waals surface area contributed by atoms with Crippen molar-refractivity contribution in [2.24, 2.45) is 17.6 Å². The molecule has 20 heavy (non-hydrogen) atoms. The first-order valence-corrected chi connectivity index (χ1v) is 7.21. The quantitative estimate of drug-likeness (QED) is 0.928. The number of amides is 1. The van der Waals surface area contributed by atoms with Crippen LogP contribution in [-0.2, 0) is 4.79 Å². The van der Waals surface area contributed by atoms with Crippen LogP contribution in [0.15, 0.2) is 30.3 Å². The predicted octanol–water partition coefficient (Wildman–Crippen LogP) is 2.66. The normalized spacial score (nSPS) is 23.2. The average Bonchev–Trinajstić information content (AvgIpc) is 2.90. The number of hydrogen-bond acceptors (Lipinski definition) is 2. The van der Waals surface area contributed by atoms with Crippen LogP contribution in [0.2, 0.25) is 0 Å². The molecule has 112 valence electrons. The van der Waals surface area contributed by atoms with Gasteiger partial charge in [-0.1, -0.05) is 44.2 Å². The van der Waals surface area contributed by atoms with E-state index in [1.165, 1.54) is 5.56 Å². The van der Waals surface area contributed by atoms with Gasteiger partial charge >= 0.3 is 0 Å². The smallest absolute Gasteiger partial charge is 0.225 e. The molecule has 4 heteroatoms. The molecule has 0 aliphatic carbocycles. The first kappa shape index (κ1) is 17.0. The lowest BCUT2D eigenvalue weighted by Gasteiger charge is -2.20.